The smallest absolute Gasteiger partial charge is 0.319 e. The second-order valence-electron chi connectivity index (χ2n) is 7.34. The van der Waals surface area contributed by atoms with E-state index < -0.39 is 0 Å². The predicted octanol–water partition coefficient (Wildman–Crippen LogP) is 5.17. The number of urea groups is 1. The molecule has 1 aliphatic heterocycles. The molecule has 2 amide bonds. The first-order valence-corrected chi connectivity index (χ1v) is 10.6. The second-order valence-corrected chi connectivity index (χ2v) is 8.15. The summed E-state index contributed by atoms with van der Waals surface area (Å²) in [5.41, 5.74) is 1.89. The lowest BCUT2D eigenvalue weighted by Gasteiger charge is -2.33. The third-order valence-corrected chi connectivity index (χ3v) is 5.88. The maximum absolute atomic E-state index is 12.4. The zero-order valence-electron chi connectivity index (χ0n) is 16.4. The number of nitrogens with zero attached hydrogens (tertiary/aromatic N) is 1. The largest absolute Gasteiger partial charge is 0.374 e. The molecule has 1 aliphatic rings. The van der Waals surface area contributed by atoms with Crippen molar-refractivity contribution in [1.82, 2.24) is 10.2 Å². The Kier molecular flexibility index (Phi) is 6.75. The van der Waals surface area contributed by atoms with Gasteiger partial charge >= 0.3 is 6.03 Å². The van der Waals surface area contributed by atoms with E-state index in [0.717, 1.165) is 41.7 Å². The molecule has 4 rings (SSSR count). The molecular formula is C23H23Cl2N3O2. The minimum atomic E-state index is -0.239. The van der Waals surface area contributed by atoms with Crippen molar-refractivity contribution >= 4 is 45.7 Å². The maximum atomic E-state index is 12.4. The number of ether oxygens (including phenoxy) is 1. The topological polar surface area (TPSA) is 53.6 Å². The lowest BCUT2D eigenvalue weighted by atomic mass is 10.1. The van der Waals surface area contributed by atoms with Gasteiger partial charge in [0.15, 0.2) is 0 Å². The molecule has 1 unspecified atom stereocenters. The van der Waals surface area contributed by atoms with Crippen LogP contribution in [0.15, 0.2) is 60.7 Å². The zero-order chi connectivity index (χ0) is 20.9. The average molecular weight is 444 g/mol. The van der Waals surface area contributed by atoms with Crippen LogP contribution in [0.3, 0.4) is 0 Å². The molecule has 30 heavy (non-hydrogen) atoms. The first-order valence-electron chi connectivity index (χ1n) is 9.89. The van der Waals surface area contributed by atoms with E-state index in [1.54, 1.807) is 0 Å². The Labute approximate surface area is 185 Å². The average Bonchev–Trinajstić information content (AvgIpc) is 2.75. The molecule has 7 heteroatoms. The summed E-state index contributed by atoms with van der Waals surface area (Å²) in [4.78, 5) is 14.7. The molecule has 0 bridgehead atoms. The summed E-state index contributed by atoms with van der Waals surface area (Å²) in [5.74, 6) is 0. The van der Waals surface area contributed by atoms with E-state index in [9.17, 15) is 4.79 Å². The van der Waals surface area contributed by atoms with Crippen molar-refractivity contribution < 1.29 is 9.53 Å². The van der Waals surface area contributed by atoms with Gasteiger partial charge in [0.2, 0.25) is 0 Å². The Hall–Kier alpha value is -2.31. The van der Waals surface area contributed by atoms with Gasteiger partial charge in [0.1, 0.15) is 0 Å². The molecule has 0 spiro atoms. The monoisotopic (exact) mass is 443 g/mol. The summed E-state index contributed by atoms with van der Waals surface area (Å²) in [6.07, 6.45) is -0.0696. The van der Waals surface area contributed by atoms with Crippen molar-refractivity contribution in [3.8, 4) is 0 Å². The highest BCUT2D eigenvalue weighted by molar-refractivity contribution is 6.42. The lowest BCUT2D eigenvalue weighted by molar-refractivity contribution is -0.0285. The molecular weight excluding hydrogens is 421 g/mol. The highest BCUT2D eigenvalue weighted by atomic mass is 35.5. The highest BCUT2D eigenvalue weighted by Crippen LogP contribution is 2.24. The number of rotatable bonds is 5. The summed E-state index contributed by atoms with van der Waals surface area (Å²) in [5, 5.41) is 9.08. The standard InChI is InChI=1S/C23H23Cl2N3O2/c24-20-9-8-16(12-21(20)25)14-28-10-11-30-18(15-28)13-26-23(29)27-22-7-3-5-17-4-1-2-6-19(17)22/h1-9,12,18H,10-11,13-15H2,(H2,26,27,29). The molecule has 1 heterocycles. The van der Waals surface area contributed by atoms with Crippen LogP contribution in [0.1, 0.15) is 5.56 Å². The maximum Gasteiger partial charge on any atom is 0.319 e. The van der Waals surface area contributed by atoms with Gasteiger partial charge in [0, 0.05) is 31.6 Å². The van der Waals surface area contributed by atoms with Crippen LogP contribution in [0.2, 0.25) is 10.0 Å². The van der Waals surface area contributed by atoms with Crippen molar-refractivity contribution in [1.29, 1.82) is 0 Å². The van der Waals surface area contributed by atoms with Crippen molar-refractivity contribution in [3.63, 3.8) is 0 Å². The normalized spacial score (nSPS) is 17.1. The first-order chi connectivity index (χ1) is 14.6. The van der Waals surface area contributed by atoms with Crippen LogP contribution in [0.5, 0.6) is 0 Å². The number of amides is 2. The van der Waals surface area contributed by atoms with Gasteiger partial charge in [-0.05, 0) is 29.1 Å². The van der Waals surface area contributed by atoms with Crippen molar-refractivity contribution in [3.05, 3.63) is 76.3 Å². The Morgan fingerprint density at radius 3 is 2.77 bits per heavy atom. The summed E-state index contributed by atoms with van der Waals surface area (Å²) in [7, 11) is 0. The molecule has 5 nitrogen and oxygen atoms in total. The summed E-state index contributed by atoms with van der Waals surface area (Å²) in [6, 6.07) is 19.3. The van der Waals surface area contributed by atoms with Crippen LogP contribution >= 0.6 is 23.2 Å². The van der Waals surface area contributed by atoms with Crippen molar-refractivity contribution in [2.75, 3.05) is 31.6 Å². The number of hydrogen-bond acceptors (Lipinski definition) is 3. The molecule has 1 atom stereocenters. The highest BCUT2D eigenvalue weighted by Gasteiger charge is 2.21. The van der Waals surface area contributed by atoms with Gasteiger partial charge in [0.05, 0.1) is 28.4 Å². The van der Waals surface area contributed by atoms with Crippen LogP contribution in [0.25, 0.3) is 10.8 Å². The number of carbonyl (C=O) groups is 1. The number of hydrogen-bond donors (Lipinski definition) is 2. The summed E-state index contributed by atoms with van der Waals surface area (Å²) < 4.78 is 5.83. The van der Waals surface area contributed by atoms with E-state index in [-0.39, 0.29) is 12.1 Å². The Balaban J connectivity index is 1.30. The Bertz CT molecular complexity index is 1040. The van der Waals surface area contributed by atoms with E-state index in [4.69, 9.17) is 27.9 Å². The van der Waals surface area contributed by atoms with Gasteiger partial charge in [-0.3, -0.25) is 4.90 Å². The van der Waals surface area contributed by atoms with Gasteiger partial charge in [-0.15, -0.1) is 0 Å². The van der Waals surface area contributed by atoms with Crippen LogP contribution in [-0.4, -0.2) is 43.3 Å². The second kappa shape index (κ2) is 9.67. The number of halogens is 2. The third kappa shape index (κ3) is 5.24. The van der Waals surface area contributed by atoms with Gasteiger partial charge in [-0.2, -0.15) is 0 Å². The van der Waals surface area contributed by atoms with E-state index in [0.29, 0.717) is 23.2 Å². The van der Waals surface area contributed by atoms with Crippen LogP contribution in [0, 0.1) is 0 Å². The summed E-state index contributed by atoms with van der Waals surface area (Å²) >= 11 is 12.1. The van der Waals surface area contributed by atoms with Crippen molar-refractivity contribution in [2.45, 2.75) is 12.6 Å². The van der Waals surface area contributed by atoms with E-state index in [1.807, 2.05) is 60.7 Å². The van der Waals surface area contributed by atoms with E-state index >= 15 is 0 Å². The molecule has 2 N–H and O–H groups in total. The molecule has 0 aromatic heterocycles. The molecule has 1 saturated heterocycles. The molecule has 156 valence electrons. The minimum absolute atomic E-state index is 0.0696. The number of nitrogens with one attached hydrogen (secondary N) is 2. The number of fused-ring (bicyclic) bond motifs is 1. The predicted molar refractivity (Wildman–Crippen MR) is 122 cm³/mol. The number of benzene rings is 3. The molecule has 0 aliphatic carbocycles. The minimum Gasteiger partial charge on any atom is -0.374 e. The van der Waals surface area contributed by atoms with E-state index in [1.165, 1.54) is 0 Å². The Morgan fingerprint density at radius 2 is 1.90 bits per heavy atom. The van der Waals surface area contributed by atoms with Crippen LogP contribution in [-0.2, 0) is 11.3 Å². The molecule has 0 saturated carbocycles. The fraction of sp³-hybridized carbons (Fsp3) is 0.261. The van der Waals surface area contributed by atoms with Gasteiger partial charge in [-0.1, -0.05) is 65.7 Å². The van der Waals surface area contributed by atoms with Gasteiger partial charge in [-0.25, -0.2) is 4.79 Å². The Morgan fingerprint density at radius 1 is 1.07 bits per heavy atom. The fourth-order valence-corrected chi connectivity index (χ4v) is 3.97. The van der Waals surface area contributed by atoms with Gasteiger partial charge in [0.25, 0.3) is 0 Å². The molecule has 0 radical (unpaired) electrons. The van der Waals surface area contributed by atoms with Crippen molar-refractivity contribution in [2.24, 2.45) is 0 Å². The third-order valence-electron chi connectivity index (χ3n) is 5.14. The molecule has 3 aromatic rings. The fourth-order valence-electron chi connectivity index (χ4n) is 3.65. The summed E-state index contributed by atoms with van der Waals surface area (Å²) in [6.45, 7) is 3.39. The van der Waals surface area contributed by atoms with Gasteiger partial charge < -0.3 is 15.4 Å². The zero-order valence-corrected chi connectivity index (χ0v) is 17.9. The van der Waals surface area contributed by atoms with E-state index in [2.05, 4.69) is 15.5 Å². The van der Waals surface area contributed by atoms with Crippen LogP contribution < -0.4 is 10.6 Å². The SMILES string of the molecule is O=C(NCC1CN(Cc2ccc(Cl)c(Cl)c2)CCO1)Nc1cccc2ccccc12. The number of carbonyl (C=O) groups excluding carboxylic acids is 1. The lowest BCUT2D eigenvalue weighted by Crippen LogP contribution is -2.47. The number of morpholine rings is 1. The molecule has 3 aromatic carbocycles. The first kappa shape index (κ1) is 20.9. The van der Waals surface area contributed by atoms with Crippen LogP contribution in [0.4, 0.5) is 10.5 Å². The quantitative estimate of drug-likeness (QED) is 0.571. The number of anilines is 1. The molecule has 1 fully saturated rings.